The maximum absolute atomic E-state index is 5.56. The summed E-state index contributed by atoms with van der Waals surface area (Å²) in [4.78, 5) is 2.29. The molecular formula is C18H24N2S. The molecule has 0 saturated heterocycles. The lowest BCUT2D eigenvalue weighted by Gasteiger charge is -2.30. The van der Waals surface area contributed by atoms with E-state index >= 15 is 0 Å². The summed E-state index contributed by atoms with van der Waals surface area (Å²) in [5.41, 5.74) is 1.30. The Bertz CT molecular complexity index is 481. The molecule has 1 aliphatic rings. The van der Waals surface area contributed by atoms with Crippen molar-refractivity contribution in [2.45, 2.75) is 25.8 Å². The lowest BCUT2D eigenvalue weighted by Crippen LogP contribution is -2.42. The van der Waals surface area contributed by atoms with Crippen molar-refractivity contribution in [2.24, 2.45) is 5.92 Å². The average molecular weight is 300 g/mol. The zero-order valence-corrected chi connectivity index (χ0v) is 13.3. The monoisotopic (exact) mass is 300 g/mol. The number of thiocarbonyl (C=S) groups is 1. The first-order valence-corrected chi connectivity index (χ1v) is 8.03. The van der Waals surface area contributed by atoms with Crippen LogP contribution in [0.5, 0.6) is 0 Å². The number of allylic oxidation sites excluding steroid dienone is 2. The topological polar surface area (TPSA) is 15.3 Å². The number of rotatable bonds is 6. The molecule has 112 valence electrons. The largest absolute Gasteiger partial charge is 0.359 e. The smallest absolute Gasteiger partial charge is 0.169 e. The Morgan fingerprint density at radius 3 is 2.81 bits per heavy atom. The molecule has 1 aliphatic carbocycles. The Morgan fingerprint density at radius 2 is 2.14 bits per heavy atom. The quantitative estimate of drug-likeness (QED) is 0.633. The van der Waals surface area contributed by atoms with Gasteiger partial charge in [-0.1, -0.05) is 48.6 Å². The highest BCUT2D eigenvalue weighted by Gasteiger charge is 2.17. The first-order chi connectivity index (χ1) is 10.3. The summed E-state index contributed by atoms with van der Waals surface area (Å²) >= 11 is 5.56. The molecule has 0 aliphatic heterocycles. The van der Waals surface area contributed by atoms with E-state index in [2.05, 4.69) is 53.2 Å². The van der Waals surface area contributed by atoms with E-state index in [4.69, 9.17) is 12.2 Å². The van der Waals surface area contributed by atoms with E-state index in [1.54, 1.807) is 0 Å². The summed E-state index contributed by atoms with van der Waals surface area (Å²) in [6.45, 7) is 6.34. The Morgan fingerprint density at radius 1 is 1.33 bits per heavy atom. The molecule has 3 heteroatoms. The van der Waals surface area contributed by atoms with Gasteiger partial charge < -0.3 is 10.2 Å². The molecular weight excluding hydrogens is 276 g/mol. The van der Waals surface area contributed by atoms with Gasteiger partial charge in [0, 0.05) is 19.6 Å². The Kier molecular flexibility index (Phi) is 6.48. The lowest BCUT2D eigenvalue weighted by atomic mass is 9.94. The molecule has 1 aromatic rings. The van der Waals surface area contributed by atoms with Crippen LogP contribution < -0.4 is 5.32 Å². The molecule has 1 aromatic carbocycles. The predicted molar refractivity (Wildman–Crippen MR) is 94.1 cm³/mol. The van der Waals surface area contributed by atoms with Gasteiger partial charge in [-0.25, -0.2) is 0 Å². The minimum Gasteiger partial charge on any atom is -0.359 e. The van der Waals surface area contributed by atoms with Crippen LogP contribution in [0.15, 0.2) is 55.1 Å². The molecule has 0 bridgehead atoms. The molecule has 0 heterocycles. The van der Waals surface area contributed by atoms with E-state index in [1.165, 1.54) is 18.4 Å². The fourth-order valence-electron chi connectivity index (χ4n) is 2.63. The SMILES string of the molecule is C=CCNC(=S)N(Cc1ccccc1)CC1CC=CCC1. The van der Waals surface area contributed by atoms with Gasteiger partial charge in [0.2, 0.25) is 0 Å². The maximum Gasteiger partial charge on any atom is 0.169 e. The van der Waals surface area contributed by atoms with E-state index in [0.717, 1.165) is 24.6 Å². The van der Waals surface area contributed by atoms with Crippen molar-refractivity contribution in [3.05, 3.63) is 60.7 Å². The minimum atomic E-state index is 0.696. The Hall–Kier alpha value is -1.61. The third kappa shape index (κ3) is 5.35. The van der Waals surface area contributed by atoms with E-state index < -0.39 is 0 Å². The fraction of sp³-hybridized carbons (Fsp3) is 0.389. The van der Waals surface area contributed by atoms with Crippen LogP contribution in [0.3, 0.4) is 0 Å². The molecule has 0 aromatic heterocycles. The van der Waals surface area contributed by atoms with Crippen molar-refractivity contribution in [1.29, 1.82) is 0 Å². The second kappa shape index (κ2) is 8.63. The number of nitrogens with zero attached hydrogens (tertiary/aromatic N) is 1. The molecule has 1 unspecified atom stereocenters. The molecule has 2 nitrogen and oxygen atoms in total. The number of hydrogen-bond donors (Lipinski definition) is 1. The molecule has 2 rings (SSSR count). The van der Waals surface area contributed by atoms with Gasteiger partial charge >= 0.3 is 0 Å². The van der Waals surface area contributed by atoms with Gasteiger partial charge in [-0.05, 0) is 43.0 Å². The molecule has 0 saturated carbocycles. The molecule has 21 heavy (non-hydrogen) atoms. The molecule has 0 amide bonds. The molecule has 0 fully saturated rings. The van der Waals surface area contributed by atoms with Crippen LogP contribution in [0.4, 0.5) is 0 Å². The van der Waals surface area contributed by atoms with E-state index in [1.807, 2.05) is 12.1 Å². The standard InChI is InChI=1S/C18H24N2S/c1-2-13-19-18(21)20(14-16-9-5-3-6-10-16)15-17-11-7-4-8-12-17/h2-7,9-10,17H,1,8,11-15H2,(H,19,21). The number of benzene rings is 1. The van der Waals surface area contributed by atoms with Crippen LogP contribution in [-0.4, -0.2) is 23.1 Å². The van der Waals surface area contributed by atoms with Crippen LogP contribution in [0.1, 0.15) is 24.8 Å². The molecule has 0 radical (unpaired) electrons. The molecule has 1 atom stereocenters. The first kappa shape index (κ1) is 15.8. The highest BCUT2D eigenvalue weighted by atomic mass is 32.1. The van der Waals surface area contributed by atoms with Crippen molar-refractivity contribution in [2.75, 3.05) is 13.1 Å². The molecule has 0 spiro atoms. The third-order valence-electron chi connectivity index (χ3n) is 3.76. The number of nitrogens with one attached hydrogen (secondary N) is 1. The van der Waals surface area contributed by atoms with E-state index in [0.29, 0.717) is 12.5 Å². The summed E-state index contributed by atoms with van der Waals surface area (Å²) in [6, 6.07) is 10.5. The Labute approximate surface area is 133 Å². The van der Waals surface area contributed by atoms with Gasteiger partial charge in [0.15, 0.2) is 5.11 Å². The van der Waals surface area contributed by atoms with Crippen LogP contribution in [0.25, 0.3) is 0 Å². The summed E-state index contributed by atoms with van der Waals surface area (Å²) in [7, 11) is 0. The third-order valence-corrected chi connectivity index (χ3v) is 4.16. The van der Waals surface area contributed by atoms with Crippen LogP contribution in [-0.2, 0) is 6.54 Å². The van der Waals surface area contributed by atoms with Crippen LogP contribution in [0.2, 0.25) is 0 Å². The fourth-order valence-corrected chi connectivity index (χ4v) is 2.85. The van der Waals surface area contributed by atoms with Gasteiger partial charge in [0.25, 0.3) is 0 Å². The van der Waals surface area contributed by atoms with Crippen molar-refractivity contribution in [3.63, 3.8) is 0 Å². The summed E-state index contributed by atoms with van der Waals surface area (Å²) in [6.07, 6.45) is 10.0. The van der Waals surface area contributed by atoms with Gasteiger partial charge in [-0.15, -0.1) is 6.58 Å². The van der Waals surface area contributed by atoms with Crippen molar-refractivity contribution >= 4 is 17.3 Å². The second-order valence-electron chi connectivity index (χ2n) is 5.49. The van der Waals surface area contributed by atoms with Crippen LogP contribution >= 0.6 is 12.2 Å². The first-order valence-electron chi connectivity index (χ1n) is 7.62. The number of hydrogen-bond acceptors (Lipinski definition) is 1. The normalized spacial score (nSPS) is 17.2. The highest BCUT2D eigenvalue weighted by Crippen LogP contribution is 2.20. The minimum absolute atomic E-state index is 0.696. The van der Waals surface area contributed by atoms with Gasteiger partial charge in [0.05, 0.1) is 0 Å². The van der Waals surface area contributed by atoms with E-state index in [9.17, 15) is 0 Å². The van der Waals surface area contributed by atoms with Crippen LogP contribution in [0, 0.1) is 5.92 Å². The van der Waals surface area contributed by atoms with Gasteiger partial charge in [-0.2, -0.15) is 0 Å². The average Bonchev–Trinajstić information content (AvgIpc) is 2.54. The lowest BCUT2D eigenvalue weighted by molar-refractivity contribution is 0.313. The zero-order chi connectivity index (χ0) is 14.9. The van der Waals surface area contributed by atoms with Crippen molar-refractivity contribution in [3.8, 4) is 0 Å². The second-order valence-corrected chi connectivity index (χ2v) is 5.88. The predicted octanol–water partition coefficient (Wildman–Crippen LogP) is 3.91. The Balaban J connectivity index is 2.00. The highest BCUT2D eigenvalue weighted by molar-refractivity contribution is 7.80. The summed E-state index contributed by atoms with van der Waals surface area (Å²) < 4.78 is 0. The van der Waals surface area contributed by atoms with Crippen molar-refractivity contribution < 1.29 is 0 Å². The van der Waals surface area contributed by atoms with E-state index in [-0.39, 0.29) is 0 Å². The maximum atomic E-state index is 5.56. The van der Waals surface area contributed by atoms with Crippen molar-refractivity contribution in [1.82, 2.24) is 10.2 Å². The van der Waals surface area contributed by atoms with Gasteiger partial charge in [-0.3, -0.25) is 0 Å². The summed E-state index contributed by atoms with van der Waals surface area (Å²) in [5.74, 6) is 0.696. The van der Waals surface area contributed by atoms with Gasteiger partial charge in [0.1, 0.15) is 0 Å². The zero-order valence-electron chi connectivity index (χ0n) is 12.5. The molecule has 1 N–H and O–H groups in total. The summed E-state index contributed by atoms with van der Waals surface area (Å²) in [5, 5.41) is 4.09.